The molecule has 0 radical (unpaired) electrons. The van der Waals surface area contributed by atoms with Crippen molar-refractivity contribution < 1.29 is 33.4 Å². The first kappa shape index (κ1) is 40.7. The number of amides is 2. The number of esters is 1. The quantitative estimate of drug-likeness (QED) is 0.0836. The van der Waals surface area contributed by atoms with Crippen LogP contribution in [0.3, 0.4) is 0 Å². The van der Waals surface area contributed by atoms with Gasteiger partial charge in [-0.3, -0.25) is 19.3 Å². The molecule has 4 atom stereocenters. The van der Waals surface area contributed by atoms with E-state index < -0.39 is 30.4 Å². The van der Waals surface area contributed by atoms with Gasteiger partial charge in [0.15, 0.2) is 5.78 Å². The second-order valence-corrected chi connectivity index (χ2v) is 18.9. The van der Waals surface area contributed by atoms with E-state index in [1.54, 1.807) is 12.0 Å². The molecule has 0 bridgehead atoms. The molecule has 280 valence electrons. The average molecular weight is 741 g/mol. The van der Waals surface area contributed by atoms with Crippen LogP contribution in [0.2, 0.25) is 0 Å². The summed E-state index contributed by atoms with van der Waals surface area (Å²) >= 11 is 1.32. The number of hydrogen-bond donors (Lipinski definition) is 1. The maximum atomic E-state index is 14.6. The number of methoxy groups -OCH3 is 1. The molecule has 2 fully saturated rings. The number of likely N-dealkylation sites (tertiary alicyclic amines) is 1. The van der Waals surface area contributed by atoms with Gasteiger partial charge in [0.25, 0.3) is 5.91 Å². The molecule has 2 aliphatic rings. The Labute approximate surface area is 308 Å². The highest BCUT2D eigenvalue weighted by Crippen LogP contribution is 2.54. The lowest BCUT2D eigenvalue weighted by Gasteiger charge is -2.49. The number of carbonyl (C=O) groups is 4. The Morgan fingerprint density at radius 3 is 2.10 bits per heavy atom. The molecule has 2 amide bonds. The SMILES string of the molecule is CCCCP(CCCC)(CCCC)=C(C(=O)OCc1ccc(OC)cc1)N1C(=O)[C@@H](NC(=O)Cc2ccccc2)[C@H]1SCC(=O)C1OCCC1C. The van der Waals surface area contributed by atoms with Gasteiger partial charge in [-0.05, 0) is 73.3 Å². The fraction of sp³-hybridized carbons (Fsp3) is 0.575. The van der Waals surface area contributed by atoms with E-state index >= 15 is 0 Å². The fourth-order valence-electron chi connectivity index (χ4n) is 6.85. The molecule has 0 aliphatic carbocycles. The Bertz CT molecular complexity index is 1490. The Morgan fingerprint density at radius 1 is 0.922 bits per heavy atom. The fourth-order valence-corrected chi connectivity index (χ4v) is 13.4. The van der Waals surface area contributed by atoms with Crippen molar-refractivity contribution in [2.45, 2.75) is 103 Å². The Morgan fingerprint density at radius 2 is 1.55 bits per heavy atom. The lowest BCUT2D eigenvalue weighted by atomic mass is 10.0. The van der Waals surface area contributed by atoms with E-state index in [4.69, 9.17) is 14.2 Å². The molecule has 2 aliphatic heterocycles. The third-order valence-electron chi connectivity index (χ3n) is 9.88. The molecule has 51 heavy (non-hydrogen) atoms. The van der Waals surface area contributed by atoms with Gasteiger partial charge in [0.1, 0.15) is 35.3 Å². The molecule has 11 heteroatoms. The van der Waals surface area contributed by atoms with Crippen LogP contribution in [0.4, 0.5) is 0 Å². The van der Waals surface area contributed by atoms with Gasteiger partial charge in [-0.2, -0.15) is 0 Å². The number of nitrogens with one attached hydrogen (secondary N) is 1. The molecule has 9 nitrogen and oxygen atoms in total. The molecule has 4 rings (SSSR count). The van der Waals surface area contributed by atoms with Crippen molar-refractivity contribution in [1.82, 2.24) is 10.2 Å². The predicted octanol–water partition coefficient (Wildman–Crippen LogP) is 6.91. The van der Waals surface area contributed by atoms with Crippen molar-refractivity contribution in [2.24, 2.45) is 5.92 Å². The summed E-state index contributed by atoms with van der Waals surface area (Å²) in [7, 11) is 1.60. The molecule has 2 aromatic rings. The number of nitrogens with zero attached hydrogens (tertiary/aromatic N) is 1. The summed E-state index contributed by atoms with van der Waals surface area (Å²) in [5.41, 5.74) is 2.12. The lowest BCUT2D eigenvalue weighted by Crippen LogP contribution is -2.72. The van der Waals surface area contributed by atoms with Gasteiger partial charge in [-0.1, -0.05) is 96.3 Å². The number of unbranched alkanes of at least 4 members (excludes halogenated alkanes) is 3. The number of ketones is 1. The third-order valence-corrected chi connectivity index (χ3v) is 16.0. The van der Waals surface area contributed by atoms with Crippen molar-refractivity contribution in [3.63, 3.8) is 0 Å². The molecule has 1 N–H and O–H groups in total. The smallest absolute Gasteiger partial charge is 0.355 e. The number of hydrogen-bond acceptors (Lipinski definition) is 8. The number of rotatable bonds is 21. The van der Waals surface area contributed by atoms with Crippen molar-refractivity contribution in [2.75, 3.05) is 38.0 Å². The lowest BCUT2D eigenvalue weighted by molar-refractivity contribution is -0.146. The van der Waals surface area contributed by atoms with Gasteiger partial charge < -0.3 is 19.5 Å². The van der Waals surface area contributed by atoms with Crippen molar-refractivity contribution in [3.05, 3.63) is 65.7 Å². The van der Waals surface area contributed by atoms with Crippen LogP contribution in [0.1, 0.15) is 83.8 Å². The van der Waals surface area contributed by atoms with E-state index in [-0.39, 0.29) is 42.3 Å². The summed E-state index contributed by atoms with van der Waals surface area (Å²) in [5.74, 6) is -0.189. The number of benzene rings is 2. The highest BCUT2D eigenvalue weighted by atomic mass is 32.2. The largest absolute Gasteiger partial charge is 0.497 e. The summed E-state index contributed by atoms with van der Waals surface area (Å²) in [6, 6.07) is 15.9. The molecular weight excluding hydrogens is 683 g/mol. The number of Topliss-reactive ketones (excluding diaryl/α,β-unsaturated/α-hetero) is 1. The topological polar surface area (TPSA) is 111 Å². The van der Waals surface area contributed by atoms with E-state index in [0.29, 0.717) is 17.8 Å². The first-order valence-corrected chi connectivity index (χ1v) is 22.0. The minimum absolute atomic E-state index is 0.0358. The van der Waals surface area contributed by atoms with E-state index in [9.17, 15) is 19.2 Å². The standard InChI is InChI=1S/C40H57N2O7PS/c1-6-9-23-50(24-10-7-2,25-11-8-3)38(40(46)49-27-31-17-19-32(47-5)20-18-31)42-37(45)35(41-34(44)26-30-15-13-12-14-16-30)39(42)51-28-33(43)36-29(4)21-22-48-36/h12-20,29,35-36,39H,6-11,21-28H2,1-5H3,(H,41,44)/t29?,35-,36?,39-/m1/s1. The van der Waals surface area contributed by atoms with Gasteiger partial charge >= 0.3 is 5.97 Å². The number of ether oxygens (including phenoxy) is 3. The monoisotopic (exact) mass is 740 g/mol. The number of thioether (sulfide) groups is 1. The van der Waals surface area contributed by atoms with Crippen LogP contribution >= 0.6 is 18.6 Å². The van der Waals surface area contributed by atoms with Crippen molar-refractivity contribution in [3.8, 4) is 5.75 Å². The van der Waals surface area contributed by atoms with Gasteiger partial charge in [-0.25, -0.2) is 4.79 Å². The molecule has 2 heterocycles. The van der Waals surface area contributed by atoms with Crippen LogP contribution in [0, 0.1) is 5.92 Å². The van der Waals surface area contributed by atoms with Gasteiger partial charge in [0.05, 0.1) is 19.3 Å². The molecule has 2 unspecified atom stereocenters. The molecule has 0 aromatic heterocycles. The summed E-state index contributed by atoms with van der Waals surface area (Å²) < 4.78 is 17.2. The zero-order valence-electron chi connectivity index (χ0n) is 31.1. The predicted molar refractivity (Wildman–Crippen MR) is 208 cm³/mol. The maximum Gasteiger partial charge on any atom is 0.355 e. The average Bonchev–Trinajstić information content (AvgIpc) is 3.59. The third kappa shape index (κ3) is 10.7. The van der Waals surface area contributed by atoms with E-state index in [0.717, 1.165) is 74.6 Å². The van der Waals surface area contributed by atoms with Crippen molar-refractivity contribution >= 4 is 47.6 Å². The van der Waals surface area contributed by atoms with Crippen LogP contribution in [0.5, 0.6) is 5.75 Å². The van der Waals surface area contributed by atoms with E-state index in [2.05, 4.69) is 26.1 Å². The zero-order valence-corrected chi connectivity index (χ0v) is 32.8. The molecule has 0 spiro atoms. The second kappa shape index (κ2) is 20.2. The molecule has 2 saturated heterocycles. The molecule has 0 saturated carbocycles. The van der Waals surface area contributed by atoms with E-state index in [1.807, 2.05) is 61.5 Å². The van der Waals surface area contributed by atoms with Crippen molar-refractivity contribution in [1.29, 1.82) is 0 Å². The Balaban J connectivity index is 1.75. The highest BCUT2D eigenvalue weighted by molar-refractivity contribution is 8.00. The number of β-lactam (4-membered cyclic amide) rings is 1. The minimum Gasteiger partial charge on any atom is -0.497 e. The first-order chi connectivity index (χ1) is 24.7. The summed E-state index contributed by atoms with van der Waals surface area (Å²) in [6.07, 6.45) is 8.68. The summed E-state index contributed by atoms with van der Waals surface area (Å²) in [6.45, 7) is 6.83. The van der Waals surface area contributed by atoms with E-state index in [1.165, 1.54) is 11.8 Å². The van der Waals surface area contributed by atoms with Crippen LogP contribution in [0.15, 0.2) is 54.6 Å². The zero-order chi connectivity index (χ0) is 36.8. The normalized spacial score (nSPS) is 20.1. The first-order valence-electron chi connectivity index (χ1n) is 18.6. The van der Waals surface area contributed by atoms with Crippen LogP contribution in [0.25, 0.3) is 0 Å². The minimum atomic E-state index is -2.24. The van der Waals surface area contributed by atoms with Crippen LogP contribution < -0.4 is 10.1 Å². The second-order valence-electron chi connectivity index (χ2n) is 13.8. The van der Waals surface area contributed by atoms with Gasteiger partial charge in [0.2, 0.25) is 5.91 Å². The Kier molecular flexibility index (Phi) is 16.2. The van der Waals surface area contributed by atoms with Crippen LogP contribution in [-0.2, 0) is 41.7 Å². The summed E-state index contributed by atoms with van der Waals surface area (Å²) in [4.78, 5) is 57.5. The highest BCUT2D eigenvalue weighted by Gasteiger charge is 2.54. The van der Waals surface area contributed by atoms with Gasteiger partial charge in [-0.15, -0.1) is 11.8 Å². The van der Waals surface area contributed by atoms with Crippen LogP contribution in [-0.4, -0.2) is 89.4 Å². The molecule has 2 aromatic carbocycles. The Hall–Kier alpha value is -3.07. The maximum absolute atomic E-state index is 14.6. The number of carbonyl (C=O) groups excluding carboxylic acids is 4. The van der Waals surface area contributed by atoms with Gasteiger partial charge in [0, 0.05) is 6.61 Å². The molecular formula is C40H57N2O7PS. The summed E-state index contributed by atoms with van der Waals surface area (Å²) in [5, 5.41) is 2.35.